The van der Waals surface area contributed by atoms with E-state index < -0.39 is 0 Å². The molecule has 1 aromatic rings. The van der Waals surface area contributed by atoms with Crippen molar-refractivity contribution < 1.29 is 9.53 Å². The fraction of sp³-hybridized carbons (Fsp3) is 0.467. The SMILES string of the molecule is COC(=O)CC1(CSc2ccc(CN)cc2C#N)CC1. The fourth-order valence-electron chi connectivity index (χ4n) is 2.08. The maximum Gasteiger partial charge on any atom is 0.306 e. The molecule has 1 saturated carbocycles. The monoisotopic (exact) mass is 290 g/mol. The Morgan fingerprint density at radius 3 is 2.85 bits per heavy atom. The van der Waals surface area contributed by atoms with Crippen molar-refractivity contribution in [2.75, 3.05) is 12.9 Å². The van der Waals surface area contributed by atoms with Crippen LogP contribution in [-0.2, 0) is 16.1 Å². The quantitative estimate of drug-likeness (QED) is 0.643. The van der Waals surface area contributed by atoms with Gasteiger partial charge in [0.2, 0.25) is 0 Å². The number of carbonyl (C=O) groups excluding carboxylic acids is 1. The molecule has 4 nitrogen and oxygen atoms in total. The lowest BCUT2D eigenvalue weighted by molar-refractivity contribution is -0.141. The number of hydrogen-bond donors (Lipinski definition) is 1. The molecule has 106 valence electrons. The van der Waals surface area contributed by atoms with E-state index in [1.165, 1.54) is 7.11 Å². The predicted molar refractivity (Wildman–Crippen MR) is 78.1 cm³/mol. The lowest BCUT2D eigenvalue weighted by atomic mass is 10.1. The van der Waals surface area contributed by atoms with Crippen LogP contribution in [0.3, 0.4) is 0 Å². The molecular weight excluding hydrogens is 272 g/mol. The normalized spacial score (nSPS) is 15.4. The van der Waals surface area contributed by atoms with Gasteiger partial charge in [0.05, 0.1) is 19.1 Å². The highest BCUT2D eigenvalue weighted by molar-refractivity contribution is 7.99. The van der Waals surface area contributed by atoms with Crippen molar-refractivity contribution >= 4 is 17.7 Å². The van der Waals surface area contributed by atoms with Crippen molar-refractivity contribution in [2.45, 2.75) is 30.7 Å². The summed E-state index contributed by atoms with van der Waals surface area (Å²) in [5.74, 6) is 0.695. The largest absolute Gasteiger partial charge is 0.469 e. The van der Waals surface area contributed by atoms with Gasteiger partial charge in [-0.25, -0.2) is 0 Å². The van der Waals surface area contributed by atoms with E-state index in [4.69, 9.17) is 10.5 Å². The second kappa shape index (κ2) is 6.29. The van der Waals surface area contributed by atoms with Gasteiger partial charge in [-0.1, -0.05) is 6.07 Å². The molecule has 0 spiro atoms. The zero-order chi connectivity index (χ0) is 14.6. The smallest absolute Gasteiger partial charge is 0.306 e. The first-order valence-corrected chi connectivity index (χ1v) is 7.54. The first-order chi connectivity index (χ1) is 9.62. The van der Waals surface area contributed by atoms with Gasteiger partial charge < -0.3 is 10.5 Å². The number of ether oxygens (including phenoxy) is 1. The number of nitrogens with two attached hydrogens (primary N) is 1. The van der Waals surface area contributed by atoms with E-state index >= 15 is 0 Å². The highest BCUT2D eigenvalue weighted by Crippen LogP contribution is 2.52. The maximum absolute atomic E-state index is 11.4. The van der Waals surface area contributed by atoms with Crippen molar-refractivity contribution in [2.24, 2.45) is 11.1 Å². The molecule has 1 aliphatic carbocycles. The number of carbonyl (C=O) groups is 1. The van der Waals surface area contributed by atoms with Crippen LogP contribution in [0.5, 0.6) is 0 Å². The molecule has 20 heavy (non-hydrogen) atoms. The zero-order valence-corrected chi connectivity index (χ0v) is 12.3. The van der Waals surface area contributed by atoms with E-state index in [1.54, 1.807) is 11.8 Å². The third kappa shape index (κ3) is 3.53. The average molecular weight is 290 g/mol. The molecule has 0 unspecified atom stereocenters. The number of nitriles is 1. The third-order valence-corrected chi connectivity index (χ3v) is 5.06. The van der Waals surface area contributed by atoms with E-state index in [0.29, 0.717) is 18.5 Å². The molecule has 5 heteroatoms. The molecule has 2 N–H and O–H groups in total. The van der Waals surface area contributed by atoms with E-state index in [2.05, 4.69) is 6.07 Å². The summed E-state index contributed by atoms with van der Waals surface area (Å²) in [4.78, 5) is 12.3. The van der Waals surface area contributed by atoms with E-state index in [1.807, 2.05) is 18.2 Å². The Morgan fingerprint density at radius 1 is 1.55 bits per heavy atom. The Hall–Kier alpha value is -1.51. The van der Waals surface area contributed by atoms with Crippen molar-refractivity contribution in [3.05, 3.63) is 29.3 Å². The summed E-state index contributed by atoms with van der Waals surface area (Å²) < 4.78 is 4.74. The van der Waals surface area contributed by atoms with Gasteiger partial charge in [0.15, 0.2) is 0 Å². The summed E-state index contributed by atoms with van der Waals surface area (Å²) in [6.07, 6.45) is 2.58. The van der Waals surface area contributed by atoms with Gasteiger partial charge in [0.25, 0.3) is 0 Å². The van der Waals surface area contributed by atoms with Gasteiger partial charge in [-0.05, 0) is 36.0 Å². The molecule has 0 saturated heterocycles. The summed E-state index contributed by atoms with van der Waals surface area (Å²) in [6.45, 7) is 0.436. The molecule has 0 bridgehead atoms. The minimum absolute atomic E-state index is 0.0665. The molecule has 0 radical (unpaired) electrons. The van der Waals surface area contributed by atoms with E-state index in [0.717, 1.165) is 29.1 Å². The summed E-state index contributed by atoms with van der Waals surface area (Å²) in [5.41, 5.74) is 7.26. The van der Waals surface area contributed by atoms with Crippen LogP contribution in [0.4, 0.5) is 0 Å². The minimum atomic E-state index is -0.151. The molecule has 0 aliphatic heterocycles. The minimum Gasteiger partial charge on any atom is -0.469 e. The molecule has 0 aromatic heterocycles. The fourth-order valence-corrected chi connectivity index (χ4v) is 3.35. The summed E-state index contributed by atoms with van der Waals surface area (Å²) >= 11 is 1.64. The maximum atomic E-state index is 11.4. The third-order valence-electron chi connectivity index (χ3n) is 3.64. The highest BCUT2D eigenvalue weighted by Gasteiger charge is 2.44. The van der Waals surface area contributed by atoms with Gasteiger partial charge in [0, 0.05) is 17.2 Å². The van der Waals surface area contributed by atoms with Crippen LogP contribution in [0.1, 0.15) is 30.4 Å². The Labute approximate surface area is 123 Å². The van der Waals surface area contributed by atoms with Gasteiger partial charge >= 0.3 is 5.97 Å². The summed E-state index contributed by atoms with van der Waals surface area (Å²) in [7, 11) is 1.42. The number of rotatable bonds is 6. The molecule has 0 amide bonds. The van der Waals surface area contributed by atoms with Crippen LogP contribution in [-0.4, -0.2) is 18.8 Å². The van der Waals surface area contributed by atoms with Crippen molar-refractivity contribution in [1.29, 1.82) is 5.26 Å². The summed E-state index contributed by atoms with van der Waals surface area (Å²) in [6, 6.07) is 7.94. The highest BCUT2D eigenvalue weighted by atomic mass is 32.2. The number of nitrogens with zero attached hydrogens (tertiary/aromatic N) is 1. The Bertz CT molecular complexity index is 547. The first-order valence-electron chi connectivity index (χ1n) is 6.55. The Balaban J connectivity index is 2.01. The second-order valence-corrected chi connectivity index (χ2v) is 6.21. The van der Waals surface area contributed by atoms with Gasteiger partial charge in [0.1, 0.15) is 6.07 Å². The zero-order valence-electron chi connectivity index (χ0n) is 11.5. The topological polar surface area (TPSA) is 76.1 Å². The van der Waals surface area contributed by atoms with Crippen LogP contribution in [0.25, 0.3) is 0 Å². The van der Waals surface area contributed by atoms with Gasteiger partial charge in [-0.15, -0.1) is 11.8 Å². The van der Waals surface area contributed by atoms with Crippen molar-refractivity contribution in [3.8, 4) is 6.07 Å². The number of methoxy groups -OCH3 is 1. The molecule has 1 fully saturated rings. The predicted octanol–water partition coefficient (Wildman–Crippen LogP) is 2.45. The van der Waals surface area contributed by atoms with Crippen molar-refractivity contribution in [3.63, 3.8) is 0 Å². The summed E-state index contributed by atoms with van der Waals surface area (Å²) in [5, 5.41) is 9.19. The average Bonchev–Trinajstić information content (AvgIpc) is 3.24. The van der Waals surface area contributed by atoms with E-state index in [9.17, 15) is 10.1 Å². The van der Waals surface area contributed by atoms with Crippen LogP contribution in [0.15, 0.2) is 23.1 Å². The second-order valence-electron chi connectivity index (χ2n) is 5.19. The lowest BCUT2D eigenvalue weighted by Gasteiger charge is -2.13. The molecular formula is C15H18N2O2S. The number of hydrogen-bond acceptors (Lipinski definition) is 5. The van der Waals surface area contributed by atoms with Crippen LogP contribution in [0, 0.1) is 16.7 Å². The standard InChI is InChI=1S/C15H18N2O2S/c1-19-14(18)7-15(4-5-15)10-20-13-3-2-11(8-16)6-12(13)9-17/h2-3,6H,4-5,7-8,10,16H2,1H3. The van der Waals surface area contributed by atoms with Crippen LogP contribution >= 0.6 is 11.8 Å². The van der Waals surface area contributed by atoms with Gasteiger partial charge in [-0.2, -0.15) is 5.26 Å². The Kier molecular flexibility index (Phi) is 4.69. The lowest BCUT2D eigenvalue weighted by Crippen LogP contribution is -2.13. The molecule has 0 heterocycles. The van der Waals surface area contributed by atoms with Gasteiger partial charge in [-0.3, -0.25) is 4.79 Å². The molecule has 1 aliphatic rings. The van der Waals surface area contributed by atoms with Crippen LogP contribution in [0.2, 0.25) is 0 Å². The first kappa shape index (κ1) is 14.9. The molecule has 0 atom stereocenters. The van der Waals surface area contributed by atoms with Crippen LogP contribution < -0.4 is 5.73 Å². The molecule has 1 aromatic carbocycles. The Morgan fingerprint density at radius 2 is 2.30 bits per heavy atom. The number of thioether (sulfide) groups is 1. The number of esters is 1. The van der Waals surface area contributed by atoms with Crippen molar-refractivity contribution in [1.82, 2.24) is 0 Å². The molecule has 2 rings (SSSR count). The number of benzene rings is 1. The van der Waals surface area contributed by atoms with E-state index in [-0.39, 0.29) is 11.4 Å².